The molecule has 1 amide bonds. The fourth-order valence-corrected chi connectivity index (χ4v) is 3.96. The predicted molar refractivity (Wildman–Crippen MR) is 141 cm³/mol. The first-order valence-electron chi connectivity index (χ1n) is 12.3. The van der Waals surface area contributed by atoms with E-state index in [1.165, 1.54) is 0 Å². The fraction of sp³-hybridized carbons (Fsp3) is 0.519. The number of esters is 1. The highest BCUT2D eigenvalue weighted by atomic mass is 35.5. The van der Waals surface area contributed by atoms with E-state index in [-0.39, 0.29) is 47.4 Å². The molecular formula is C27H37ClN2O6. The summed E-state index contributed by atoms with van der Waals surface area (Å²) >= 11 is 6.33. The standard InChI is InChI=1S/C27H37ClN2O6/c1-18(2)15-30(16-19(3)4)24(33)17-36-29-20-11-9-7-5-6-8-10-12-35-27(34)25-21(13-20)26(28)23(32)14-22(25)31/h6,8-9,11,14,18-19,31-32H,5,7,10,12-13,15-17H2,1-4H3. The van der Waals surface area contributed by atoms with Crippen molar-refractivity contribution in [3.05, 3.63) is 46.5 Å². The Hall–Kier alpha value is -3.00. The average molecular weight is 521 g/mol. The van der Waals surface area contributed by atoms with Gasteiger partial charge >= 0.3 is 5.97 Å². The number of benzene rings is 1. The molecule has 0 fully saturated rings. The summed E-state index contributed by atoms with van der Waals surface area (Å²) in [7, 11) is 0. The van der Waals surface area contributed by atoms with Crippen molar-refractivity contribution in [2.24, 2.45) is 17.0 Å². The summed E-state index contributed by atoms with van der Waals surface area (Å²) in [6, 6.07) is 1.01. The van der Waals surface area contributed by atoms with Crippen molar-refractivity contribution in [2.75, 3.05) is 26.3 Å². The maximum absolute atomic E-state index is 12.8. The number of oxime groups is 1. The second kappa shape index (κ2) is 14.5. The molecule has 36 heavy (non-hydrogen) atoms. The lowest BCUT2D eigenvalue weighted by Crippen LogP contribution is -2.39. The number of carbonyl (C=O) groups excluding carboxylic acids is 2. The van der Waals surface area contributed by atoms with Crippen molar-refractivity contribution in [1.29, 1.82) is 0 Å². The maximum atomic E-state index is 12.8. The van der Waals surface area contributed by atoms with E-state index in [1.54, 1.807) is 11.0 Å². The number of halogens is 1. The van der Waals surface area contributed by atoms with Crippen LogP contribution < -0.4 is 0 Å². The Morgan fingerprint density at radius 1 is 1.08 bits per heavy atom. The first kappa shape index (κ1) is 29.2. The Balaban J connectivity index is 2.34. The van der Waals surface area contributed by atoms with E-state index in [0.717, 1.165) is 18.9 Å². The number of phenols is 2. The van der Waals surface area contributed by atoms with Crippen LogP contribution in [0.15, 0.2) is 35.5 Å². The number of phenolic OH excluding ortho intramolecular Hbond substituents is 2. The highest BCUT2D eigenvalue weighted by Gasteiger charge is 2.24. The number of allylic oxidation sites excluding steroid dienone is 3. The molecule has 1 aromatic carbocycles. The predicted octanol–water partition coefficient (Wildman–Crippen LogP) is 5.26. The van der Waals surface area contributed by atoms with E-state index >= 15 is 0 Å². The first-order chi connectivity index (χ1) is 17.1. The number of amides is 1. The average Bonchev–Trinajstić information content (AvgIpc) is 2.79. The zero-order chi connectivity index (χ0) is 26.7. The molecule has 0 saturated carbocycles. The topological polar surface area (TPSA) is 109 Å². The van der Waals surface area contributed by atoms with E-state index in [9.17, 15) is 19.8 Å². The molecule has 0 atom stereocenters. The molecule has 1 aromatic rings. The van der Waals surface area contributed by atoms with Gasteiger partial charge in [-0.1, -0.05) is 62.7 Å². The lowest BCUT2D eigenvalue weighted by molar-refractivity contribution is -0.137. The molecule has 8 nitrogen and oxygen atoms in total. The smallest absolute Gasteiger partial charge is 0.342 e. The van der Waals surface area contributed by atoms with Crippen molar-refractivity contribution in [3.63, 3.8) is 0 Å². The molecule has 198 valence electrons. The number of ether oxygens (including phenoxy) is 1. The van der Waals surface area contributed by atoms with Crippen LogP contribution >= 0.6 is 11.6 Å². The lowest BCUT2D eigenvalue weighted by atomic mass is 9.99. The molecular weight excluding hydrogens is 484 g/mol. The maximum Gasteiger partial charge on any atom is 0.342 e. The Morgan fingerprint density at radius 3 is 2.39 bits per heavy atom. The second-order valence-corrected chi connectivity index (χ2v) is 9.96. The summed E-state index contributed by atoms with van der Waals surface area (Å²) in [5, 5.41) is 24.6. The quantitative estimate of drug-likeness (QED) is 0.288. The summed E-state index contributed by atoms with van der Waals surface area (Å²) in [6.45, 7) is 9.33. The number of fused-ring (bicyclic) bond motifs is 1. The third kappa shape index (κ3) is 9.22. The van der Waals surface area contributed by atoms with Crippen molar-refractivity contribution in [2.45, 2.75) is 53.4 Å². The van der Waals surface area contributed by atoms with E-state index in [4.69, 9.17) is 21.2 Å². The van der Waals surface area contributed by atoms with Gasteiger partial charge in [0.2, 0.25) is 0 Å². The molecule has 1 heterocycles. The van der Waals surface area contributed by atoms with Crippen molar-refractivity contribution < 1.29 is 29.4 Å². The third-order valence-corrected chi connectivity index (χ3v) is 5.69. The minimum atomic E-state index is -0.757. The number of cyclic esters (lactones) is 1. The van der Waals surface area contributed by atoms with E-state index in [0.29, 0.717) is 37.1 Å². The molecule has 2 rings (SSSR count). The SMILES string of the molecule is CC(C)CN(CC(C)C)C(=O)CON=C1C=CCCC=CCCOC(=O)c2c(O)cc(O)c(Cl)c2C1. The molecule has 1 aliphatic rings. The molecule has 0 spiro atoms. The Labute approximate surface area is 218 Å². The number of hydrogen-bond acceptors (Lipinski definition) is 7. The van der Waals surface area contributed by atoms with Crippen LogP contribution in [0.1, 0.15) is 62.9 Å². The monoisotopic (exact) mass is 520 g/mol. The van der Waals surface area contributed by atoms with Crippen molar-refractivity contribution in [1.82, 2.24) is 4.90 Å². The molecule has 0 aliphatic carbocycles. The normalized spacial score (nSPS) is 16.1. The van der Waals surface area contributed by atoms with Gasteiger partial charge in [0.15, 0.2) is 6.61 Å². The summed E-state index contributed by atoms with van der Waals surface area (Å²) in [4.78, 5) is 32.7. The van der Waals surface area contributed by atoms with E-state index in [2.05, 4.69) is 5.16 Å². The minimum Gasteiger partial charge on any atom is -0.507 e. The van der Waals surface area contributed by atoms with E-state index < -0.39 is 11.7 Å². The van der Waals surface area contributed by atoms with Gasteiger partial charge < -0.3 is 24.7 Å². The Morgan fingerprint density at radius 2 is 1.72 bits per heavy atom. The first-order valence-corrected chi connectivity index (χ1v) is 12.7. The van der Waals surface area contributed by atoms with Crippen LogP contribution in [0.4, 0.5) is 0 Å². The zero-order valence-electron chi connectivity index (χ0n) is 21.5. The van der Waals surface area contributed by atoms with Gasteiger partial charge in [-0.15, -0.1) is 0 Å². The van der Waals surface area contributed by atoms with Crippen LogP contribution in [-0.4, -0.2) is 59.0 Å². The summed E-state index contributed by atoms with van der Waals surface area (Å²) < 4.78 is 5.30. The number of rotatable bonds is 7. The van der Waals surface area contributed by atoms with Crippen LogP contribution in [0.5, 0.6) is 11.5 Å². The van der Waals surface area contributed by atoms with Gasteiger partial charge in [0.1, 0.15) is 17.1 Å². The second-order valence-electron chi connectivity index (χ2n) is 9.58. The zero-order valence-corrected chi connectivity index (χ0v) is 22.3. The molecule has 0 radical (unpaired) electrons. The van der Waals surface area contributed by atoms with Crippen LogP contribution in [0.2, 0.25) is 5.02 Å². The molecule has 0 aromatic heterocycles. The van der Waals surface area contributed by atoms with Crippen molar-refractivity contribution >= 4 is 29.2 Å². The molecule has 0 bridgehead atoms. The molecule has 0 unspecified atom stereocenters. The number of hydrogen-bond donors (Lipinski definition) is 2. The van der Waals surface area contributed by atoms with Gasteiger partial charge in [0.25, 0.3) is 5.91 Å². The number of carbonyl (C=O) groups is 2. The fourth-order valence-electron chi connectivity index (χ4n) is 3.74. The lowest BCUT2D eigenvalue weighted by Gasteiger charge is -2.25. The summed E-state index contributed by atoms with van der Waals surface area (Å²) in [5.74, 6) is -1.12. The van der Waals surface area contributed by atoms with Gasteiger partial charge in [-0.2, -0.15) is 0 Å². The van der Waals surface area contributed by atoms with Gasteiger partial charge in [0, 0.05) is 25.6 Å². The Kier molecular flexibility index (Phi) is 11.8. The summed E-state index contributed by atoms with van der Waals surface area (Å²) in [6.07, 6.45) is 9.56. The highest BCUT2D eigenvalue weighted by Crippen LogP contribution is 2.37. The molecule has 0 saturated heterocycles. The largest absolute Gasteiger partial charge is 0.507 e. The number of aromatic hydroxyl groups is 2. The van der Waals surface area contributed by atoms with Gasteiger partial charge in [-0.3, -0.25) is 4.79 Å². The molecule has 2 N–H and O–H groups in total. The van der Waals surface area contributed by atoms with E-state index in [1.807, 2.05) is 45.9 Å². The van der Waals surface area contributed by atoms with Gasteiger partial charge in [-0.05, 0) is 42.7 Å². The molecule has 9 heteroatoms. The third-order valence-electron chi connectivity index (χ3n) is 5.27. The minimum absolute atomic E-state index is 0.0343. The summed E-state index contributed by atoms with van der Waals surface area (Å²) in [5.41, 5.74) is 0.381. The number of nitrogens with zero attached hydrogens (tertiary/aromatic N) is 2. The van der Waals surface area contributed by atoms with Crippen LogP contribution in [-0.2, 0) is 20.8 Å². The molecule has 1 aliphatic heterocycles. The van der Waals surface area contributed by atoms with Crippen LogP contribution in [0.25, 0.3) is 0 Å². The van der Waals surface area contributed by atoms with Gasteiger partial charge in [0.05, 0.1) is 17.3 Å². The van der Waals surface area contributed by atoms with Crippen molar-refractivity contribution in [3.8, 4) is 11.5 Å². The van der Waals surface area contributed by atoms with Crippen LogP contribution in [0, 0.1) is 11.8 Å². The highest BCUT2D eigenvalue weighted by molar-refractivity contribution is 6.33. The van der Waals surface area contributed by atoms with Crippen LogP contribution in [0.3, 0.4) is 0 Å². The Bertz CT molecular complexity index is 990. The van der Waals surface area contributed by atoms with Gasteiger partial charge in [-0.25, -0.2) is 4.79 Å².